The number of anilines is 2. The van der Waals surface area contributed by atoms with Crippen LogP contribution in [-0.4, -0.2) is 30.9 Å². The number of Topliss-reactive ketones (excluding diaryl/α,β-unsaturated/α-hetero) is 1. The van der Waals surface area contributed by atoms with Crippen LogP contribution in [0.1, 0.15) is 41.7 Å². The van der Waals surface area contributed by atoms with Crippen LogP contribution in [0.5, 0.6) is 0 Å². The maximum atomic E-state index is 13.7. The number of nitrogens with one attached hydrogen (secondary N) is 1. The first-order chi connectivity index (χ1) is 16.3. The fraction of sp³-hybridized carbons (Fsp3) is 0.320. The van der Waals surface area contributed by atoms with Crippen molar-refractivity contribution in [2.75, 3.05) is 24.3 Å². The normalized spacial score (nSPS) is 13.7. The van der Waals surface area contributed by atoms with Gasteiger partial charge in [-0.3, -0.25) is 4.79 Å². The Bertz CT molecular complexity index is 1190. The highest BCUT2D eigenvalue weighted by Gasteiger charge is 2.31. The van der Waals surface area contributed by atoms with E-state index in [4.69, 9.17) is 22.3 Å². The molecule has 0 atom stereocenters. The van der Waals surface area contributed by atoms with E-state index in [-0.39, 0.29) is 11.7 Å². The molecule has 0 unspecified atom stereocenters. The summed E-state index contributed by atoms with van der Waals surface area (Å²) in [6.07, 6.45) is 3.75. The first-order valence-electron chi connectivity index (χ1n) is 11.1. The number of thiazole rings is 1. The number of carbonyl (C=O) groups excluding carboxylic acids is 2. The summed E-state index contributed by atoms with van der Waals surface area (Å²) in [5, 5.41) is 3.32. The number of aromatic nitrogens is 1. The molecular weight excluding hydrogens is 488 g/mol. The van der Waals surface area contributed by atoms with Crippen molar-refractivity contribution >= 4 is 57.9 Å². The molecule has 1 aliphatic rings. The van der Waals surface area contributed by atoms with Crippen molar-refractivity contribution in [2.24, 2.45) is 11.7 Å². The summed E-state index contributed by atoms with van der Waals surface area (Å²) in [4.78, 5) is 33.5. The first-order valence-corrected chi connectivity index (χ1v) is 13.3. The summed E-state index contributed by atoms with van der Waals surface area (Å²) in [6, 6.07) is 13.0. The number of ketones is 1. The van der Waals surface area contributed by atoms with Gasteiger partial charge in [-0.1, -0.05) is 42.6 Å². The average molecular weight is 515 g/mol. The Morgan fingerprint density at radius 3 is 2.53 bits per heavy atom. The minimum absolute atomic E-state index is 0.0199. The summed E-state index contributed by atoms with van der Waals surface area (Å²) < 4.78 is 0.593. The van der Waals surface area contributed by atoms with Crippen molar-refractivity contribution in [3.63, 3.8) is 0 Å². The highest BCUT2D eigenvalue weighted by molar-refractivity contribution is 7.98. The summed E-state index contributed by atoms with van der Waals surface area (Å²) in [5.74, 6) is 0.557. The van der Waals surface area contributed by atoms with Crippen LogP contribution in [0.2, 0.25) is 4.34 Å². The number of amides is 2. The number of benzene rings is 2. The molecule has 34 heavy (non-hydrogen) atoms. The Hall–Kier alpha value is -2.55. The number of nitrogens with zero attached hydrogens (tertiary/aromatic N) is 2. The molecule has 3 aromatic rings. The van der Waals surface area contributed by atoms with Crippen LogP contribution < -0.4 is 16.0 Å². The molecule has 1 aromatic heterocycles. The van der Waals surface area contributed by atoms with E-state index >= 15 is 0 Å². The van der Waals surface area contributed by atoms with Gasteiger partial charge in [0, 0.05) is 41.9 Å². The van der Waals surface area contributed by atoms with E-state index in [0.29, 0.717) is 31.9 Å². The lowest BCUT2D eigenvalue weighted by molar-refractivity contribution is 0.0924. The largest absolute Gasteiger partial charge is 0.377 e. The predicted molar refractivity (Wildman–Crippen MR) is 142 cm³/mol. The third-order valence-electron chi connectivity index (χ3n) is 5.88. The van der Waals surface area contributed by atoms with Gasteiger partial charge in [-0.15, -0.1) is 23.1 Å². The summed E-state index contributed by atoms with van der Waals surface area (Å²) in [6.45, 7) is 0. The number of rotatable bonds is 8. The number of thioether (sulfide) groups is 1. The minimum Gasteiger partial charge on any atom is -0.377 e. The van der Waals surface area contributed by atoms with E-state index in [1.54, 1.807) is 17.8 Å². The SMILES string of the molecule is CN(C)c1ccc(NC(N)=O)c(C(=O)C2CCCC2)c1-c1nc(CSc2ccccc2)c(Cl)s1. The van der Waals surface area contributed by atoms with E-state index in [1.165, 1.54) is 11.3 Å². The molecule has 178 valence electrons. The van der Waals surface area contributed by atoms with Gasteiger partial charge in [0.1, 0.15) is 9.34 Å². The van der Waals surface area contributed by atoms with Crippen LogP contribution in [0.3, 0.4) is 0 Å². The smallest absolute Gasteiger partial charge is 0.316 e. The van der Waals surface area contributed by atoms with Crippen molar-refractivity contribution < 1.29 is 9.59 Å². The Morgan fingerprint density at radius 2 is 1.88 bits per heavy atom. The molecule has 0 saturated heterocycles. The van der Waals surface area contributed by atoms with Crippen LogP contribution in [0, 0.1) is 5.92 Å². The predicted octanol–water partition coefficient (Wildman–Crippen LogP) is 6.69. The van der Waals surface area contributed by atoms with E-state index in [2.05, 4.69) is 5.32 Å². The van der Waals surface area contributed by atoms with Crippen LogP contribution in [0.15, 0.2) is 47.4 Å². The zero-order valence-electron chi connectivity index (χ0n) is 19.1. The topological polar surface area (TPSA) is 88.3 Å². The van der Waals surface area contributed by atoms with Crippen LogP contribution in [-0.2, 0) is 5.75 Å². The quantitative estimate of drug-likeness (QED) is 0.258. The zero-order valence-corrected chi connectivity index (χ0v) is 21.5. The van der Waals surface area contributed by atoms with Gasteiger partial charge in [-0.25, -0.2) is 9.78 Å². The Morgan fingerprint density at radius 1 is 1.18 bits per heavy atom. The third-order valence-corrected chi connectivity index (χ3v) is 8.25. The van der Waals surface area contributed by atoms with Crippen LogP contribution >= 0.6 is 34.7 Å². The number of urea groups is 1. The fourth-order valence-corrected chi connectivity index (χ4v) is 6.49. The fourth-order valence-electron chi connectivity index (χ4n) is 4.26. The molecule has 0 spiro atoms. The summed E-state index contributed by atoms with van der Waals surface area (Å²) in [5.41, 5.74) is 8.62. The number of nitrogens with two attached hydrogens (primary N) is 1. The Kier molecular flexibility index (Phi) is 7.80. The summed E-state index contributed by atoms with van der Waals surface area (Å²) >= 11 is 9.64. The van der Waals surface area contributed by atoms with Gasteiger partial charge < -0.3 is 16.0 Å². The Labute approximate surface area is 212 Å². The van der Waals surface area contributed by atoms with E-state index in [0.717, 1.165) is 42.0 Å². The molecule has 3 N–H and O–H groups in total. The van der Waals surface area contributed by atoms with Gasteiger partial charge >= 0.3 is 6.03 Å². The lowest BCUT2D eigenvalue weighted by Gasteiger charge is -2.23. The molecule has 0 radical (unpaired) electrons. The monoisotopic (exact) mass is 514 g/mol. The van der Waals surface area contributed by atoms with Gasteiger partial charge in [0.25, 0.3) is 0 Å². The molecule has 9 heteroatoms. The molecule has 2 amide bonds. The van der Waals surface area contributed by atoms with E-state index in [1.807, 2.05) is 55.4 Å². The van der Waals surface area contributed by atoms with Crippen molar-refractivity contribution in [3.8, 4) is 10.6 Å². The van der Waals surface area contributed by atoms with Crippen molar-refractivity contribution in [2.45, 2.75) is 36.3 Å². The van der Waals surface area contributed by atoms with Gasteiger partial charge in [0.2, 0.25) is 0 Å². The number of halogens is 1. The molecular formula is C25H27ClN4O2S2. The maximum Gasteiger partial charge on any atom is 0.316 e. The highest BCUT2D eigenvalue weighted by atomic mass is 35.5. The molecule has 2 aromatic carbocycles. The third kappa shape index (κ3) is 5.40. The maximum absolute atomic E-state index is 13.7. The molecule has 0 bridgehead atoms. The standard InChI is InChI=1S/C25H27ClN4O2S2/c1-30(2)19-13-12-17(29-25(27)32)20(22(31)15-8-6-7-9-15)21(19)24-28-18(23(26)34-24)14-33-16-10-4-3-5-11-16/h3-5,10-13,15H,6-9,14H2,1-2H3,(H3,27,29,32). The van der Waals surface area contributed by atoms with E-state index < -0.39 is 6.03 Å². The van der Waals surface area contributed by atoms with Gasteiger partial charge in [-0.05, 0) is 37.1 Å². The molecule has 0 aliphatic heterocycles. The molecule has 1 saturated carbocycles. The summed E-state index contributed by atoms with van der Waals surface area (Å²) in [7, 11) is 3.84. The molecule has 4 rings (SSSR count). The second kappa shape index (κ2) is 10.8. The van der Waals surface area contributed by atoms with Crippen molar-refractivity contribution in [3.05, 3.63) is 58.1 Å². The number of carbonyl (C=O) groups is 2. The minimum atomic E-state index is -0.707. The lowest BCUT2D eigenvalue weighted by atomic mass is 9.90. The average Bonchev–Trinajstić information content (AvgIpc) is 3.47. The highest BCUT2D eigenvalue weighted by Crippen LogP contribution is 2.44. The molecule has 6 nitrogen and oxygen atoms in total. The van der Waals surface area contributed by atoms with E-state index in [9.17, 15) is 9.59 Å². The Balaban J connectivity index is 1.80. The van der Waals surface area contributed by atoms with Gasteiger partial charge in [-0.2, -0.15) is 0 Å². The molecule has 1 heterocycles. The second-order valence-corrected chi connectivity index (χ2v) is 11.1. The molecule has 1 aliphatic carbocycles. The molecule has 1 fully saturated rings. The van der Waals surface area contributed by atoms with Crippen molar-refractivity contribution in [1.82, 2.24) is 4.98 Å². The van der Waals surface area contributed by atoms with Crippen LogP contribution in [0.25, 0.3) is 10.6 Å². The van der Waals surface area contributed by atoms with Crippen LogP contribution in [0.4, 0.5) is 16.2 Å². The number of hydrogen-bond acceptors (Lipinski definition) is 6. The van der Waals surface area contributed by atoms with Gasteiger partial charge in [0.05, 0.1) is 16.9 Å². The zero-order chi connectivity index (χ0) is 24.2. The number of primary amides is 1. The van der Waals surface area contributed by atoms with Gasteiger partial charge in [0.15, 0.2) is 5.78 Å². The second-order valence-electron chi connectivity index (χ2n) is 8.45. The lowest BCUT2D eigenvalue weighted by Crippen LogP contribution is -2.24. The first kappa shape index (κ1) is 24.6. The van der Waals surface area contributed by atoms with Crippen molar-refractivity contribution in [1.29, 1.82) is 0 Å². The number of hydrogen-bond donors (Lipinski definition) is 2.